The number of hydrogen-bond donors (Lipinski definition) is 1. The minimum Gasteiger partial charge on any atom is -0.495 e. The van der Waals surface area contributed by atoms with Crippen LogP contribution in [-0.2, 0) is 4.79 Å². The molecule has 0 radical (unpaired) electrons. The van der Waals surface area contributed by atoms with E-state index in [1.807, 2.05) is 18.2 Å². The van der Waals surface area contributed by atoms with Crippen LogP contribution in [0.1, 0.15) is 25.7 Å². The number of carbonyl (C=O) groups is 1. The van der Waals surface area contributed by atoms with Gasteiger partial charge in [-0.05, 0) is 43.2 Å². The number of hydrogen-bond acceptors (Lipinski definition) is 4. The summed E-state index contributed by atoms with van der Waals surface area (Å²) in [6.07, 6.45) is 5.23. The Morgan fingerprint density at radius 2 is 1.96 bits per heavy atom. The summed E-state index contributed by atoms with van der Waals surface area (Å²) >= 11 is 0. The Hall–Kier alpha value is -1.75. The van der Waals surface area contributed by atoms with Crippen LogP contribution in [0.15, 0.2) is 24.3 Å². The molecular formula is C20H29N3O2. The van der Waals surface area contributed by atoms with Crippen molar-refractivity contribution in [3.8, 4) is 5.75 Å². The van der Waals surface area contributed by atoms with Crippen molar-refractivity contribution in [1.29, 1.82) is 0 Å². The van der Waals surface area contributed by atoms with Crippen LogP contribution in [0.5, 0.6) is 5.75 Å². The maximum atomic E-state index is 12.4. The number of carbonyl (C=O) groups excluding carboxylic acids is 1. The predicted molar refractivity (Wildman–Crippen MR) is 99.0 cm³/mol. The molecule has 1 aliphatic heterocycles. The quantitative estimate of drug-likeness (QED) is 0.889. The zero-order chi connectivity index (χ0) is 17.2. The number of piperazine rings is 1. The summed E-state index contributed by atoms with van der Waals surface area (Å²) in [4.78, 5) is 17.0. The summed E-state index contributed by atoms with van der Waals surface area (Å²) in [5, 5.41) is 3.30. The van der Waals surface area contributed by atoms with Gasteiger partial charge in [-0.1, -0.05) is 18.6 Å². The number of amides is 1. The van der Waals surface area contributed by atoms with Gasteiger partial charge in [0.1, 0.15) is 5.75 Å². The Bertz CT molecular complexity index is 613. The monoisotopic (exact) mass is 343 g/mol. The third kappa shape index (κ3) is 3.61. The number of anilines is 1. The van der Waals surface area contributed by atoms with Gasteiger partial charge in [0.25, 0.3) is 0 Å². The van der Waals surface area contributed by atoms with E-state index in [1.165, 1.54) is 25.7 Å². The van der Waals surface area contributed by atoms with E-state index in [0.29, 0.717) is 12.6 Å². The minimum atomic E-state index is 0.211. The van der Waals surface area contributed by atoms with Crippen LogP contribution in [-0.4, -0.2) is 56.7 Å². The Morgan fingerprint density at radius 3 is 2.64 bits per heavy atom. The number of ether oxygens (including phenoxy) is 1. The Balaban J connectivity index is 1.25. The molecule has 3 fully saturated rings. The van der Waals surface area contributed by atoms with E-state index in [0.717, 1.165) is 49.5 Å². The van der Waals surface area contributed by atoms with Crippen LogP contribution in [0.25, 0.3) is 0 Å². The molecular weight excluding hydrogens is 314 g/mol. The van der Waals surface area contributed by atoms with Gasteiger partial charge >= 0.3 is 0 Å². The molecule has 0 aromatic heterocycles. The third-order valence-electron chi connectivity index (χ3n) is 6.25. The van der Waals surface area contributed by atoms with E-state index in [-0.39, 0.29) is 5.91 Å². The first-order valence-corrected chi connectivity index (χ1v) is 9.62. The maximum absolute atomic E-state index is 12.4. The Kier molecular flexibility index (Phi) is 4.84. The molecule has 2 aliphatic carbocycles. The number of nitrogens with zero attached hydrogens (tertiary/aromatic N) is 2. The van der Waals surface area contributed by atoms with E-state index in [1.54, 1.807) is 7.11 Å². The van der Waals surface area contributed by atoms with Crippen LogP contribution in [0.3, 0.4) is 0 Å². The van der Waals surface area contributed by atoms with E-state index in [2.05, 4.69) is 21.2 Å². The zero-order valence-corrected chi connectivity index (χ0v) is 15.1. The largest absolute Gasteiger partial charge is 0.495 e. The highest BCUT2D eigenvalue weighted by molar-refractivity contribution is 5.78. The van der Waals surface area contributed by atoms with Crippen LogP contribution in [0, 0.1) is 11.8 Å². The first-order valence-electron chi connectivity index (χ1n) is 9.62. The van der Waals surface area contributed by atoms with Crippen LogP contribution < -0.4 is 15.0 Å². The Labute approximate surface area is 150 Å². The summed E-state index contributed by atoms with van der Waals surface area (Å²) in [5.74, 6) is 2.75. The molecule has 136 valence electrons. The van der Waals surface area contributed by atoms with Crippen molar-refractivity contribution in [1.82, 2.24) is 10.2 Å². The molecule has 1 aromatic rings. The fourth-order valence-corrected chi connectivity index (χ4v) is 4.91. The highest BCUT2D eigenvalue weighted by Crippen LogP contribution is 2.44. The van der Waals surface area contributed by atoms with Crippen molar-refractivity contribution < 1.29 is 9.53 Å². The van der Waals surface area contributed by atoms with E-state index in [4.69, 9.17) is 4.74 Å². The lowest BCUT2D eigenvalue weighted by atomic mass is 9.95. The van der Waals surface area contributed by atoms with Gasteiger partial charge in [-0.25, -0.2) is 0 Å². The molecule has 5 nitrogen and oxygen atoms in total. The molecule has 1 aromatic carbocycles. The van der Waals surface area contributed by atoms with Crippen molar-refractivity contribution >= 4 is 11.6 Å². The normalized spacial score (nSPS) is 29.0. The second-order valence-electron chi connectivity index (χ2n) is 7.78. The highest BCUT2D eigenvalue weighted by Gasteiger charge is 2.40. The van der Waals surface area contributed by atoms with Gasteiger partial charge in [-0.2, -0.15) is 0 Å². The number of nitrogens with one attached hydrogen (secondary N) is 1. The molecule has 3 atom stereocenters. The van der Waals surface area contributed by atoms with Crippen molar-refractivity contribution in [2.75, 3.05) is 44.7 Å². The molecule has 1 saturated heterocycles. The standard InChI is InChI=1S/C20H29N3O2/c1-25-19-5-3-2-4-18(19)23-10-8-22(9-11-23)14-20(24)21-17-13-15-6-7-16(17)12-15/h2-5,15-17H,6-14H2,1H3,(H,21,24)/t15-,16+,17-/m0/s1. The van der Waals surface area contributed by atoms with Gasteiger partial charge < -0.3 is 15.0 Å². The number of methoxy groups -OCH3 is 1. The molecule has 0 spiro atoms. The van der Waals surface area contributed by atoms with E-state index < -0.39 is 0 Å². The summed E-state index contributed by atoms with van der Waals surface area (Å²) in [6, 6.07) is 8.60. The number of fused-ring (bicyclic) bond motifs is 2. The smallest absolute Gasteiger partial charge is 0.234 e. The molecule has 3 aliphatic rings. The van der Waals surface area contributed by atoms with Gasteiger partial charge in [0.15, 0.2) is 0 Å². The predicted octanol–water partition coefficient (Wildman–Crippen LogP) is 2.12. The second-order valence-corrected chi connectivity index (χ2v) is 7.78. The average molecular weight is 343 g/mol. The molecule has 1 heterocycles. The van der Waals surface area contributed by atoms with E-state index in [9.17, 15) is 4.79 Å². The van der Waals surface area contributed by atoms with Crippen molar-refractivity contribution in [3.05, 3.63) is 24.3 Å². The van der Waals surface area contributed by atoms with Crippen LogP contribution in [0.2, 0.25) is 0 Å². The first kappa shape index (κ1) is 16.7. The SMILES string of the molecule is COc1ccccc1N1CCN(CC(=O)N[C@H]2C[C@H]3CC[C@@H]2C3)CC1. The Morgan fingerprint density at radius 1 is 1.16 bits per heavy atom. The lowest BCUT2D eigenvalue weighted by Crippen LogP contribution is -2.51. The molecule has 1 amide bonds. The summed E-state index contributed by atoms with van der Waals surface area (Å²) in [5.41, 5.74) is 1.15. The fourth-order valence-electron chi connectivity index (χ4n) is 4.91. The summed E-state index contributed by atoms with van der Waals surface area (Å²) in [7, 11) is 1.72. The average Bonchev–Trinajstić information content (AvgIpc) is 3.25. The summed E-state index contributed by atoms with van der Waals surface area (Å²) in [6.45, 7) is 4.24. The zero-order valence-electron chi connectivity index (χ0n) is 15.1. The first-order chi connectivity index (χ1) is 12.2. The number of para-hydroxylation sites is 2. The highest BCUT2D eigenvalue weighted by atomic mass is 16.5. The summed E-state index contributed by atoms with van der Waals surface area (Å²) < 4.78 is 5.47. The maximum Gasteiger partial charge on any atom is 0.234 e. The molecule has 1 N–H and O–H groups in total. The topological polar surface area (TPSA) is 44.8 Å². The lowest BCUT2D eigenvalue weighted by Gasteiger charge is -2.36. The van der Waals surface area contributed by atoms with Crippen molar-refractivity contribution in [2.45, 2.75) is 31.7 Å². The molecule has 2 saturated carbocycles. The molecule has 5 heteroatoms. The van der Waals surface area contributed by atoms with Crippen molar-refractivity contribution in [3.63, 3.8) is 0 Å². The van der Waals surface area contributed by atoms with Gasteiger partial charge in [-0.3, -0.25) is 9.69 Å². The molecule has 4 rings (SSSR count). The van der Waals surface area contributed by atoms with Gasteiger partial charge in [0.2, 0.25) is 5.91 Å². The number of rotatable bonds is 5. The fraction of sp³-hybridized carbons (Fsp3) is 0.650. The number of benzene rings is 1. The van der Waals surface area contributed by atoms with Gasteiger partial charge in [0, 0.05) is 32.2 Å². The molecule has 2 bridgehead atoms. The van der Waals surface area contributed by atoms with Crippen LogP contribution in [0.4, 0.5) is 5.69 Å². The lowest BCUT2D eigenvalue weighted by molar-refractivity contribution is -0.123. The van der Waals surface area contributed by atoms with Gasteiger partial charge in [-0.15, -0.1) is 0 Å². The minimum absolute atomic E-state index is 0.211. The second kappa shape index (κ2) is 7.24. The van der Waals surface area contributed by atoms with E-state index >= 15 is 0 Å². The third-order valence-corrected chi connectivity index (χ3v) is 6.25. The van der Waals surface area contributed by atoms with Gasteiger partial charge in [0.05, 0.1) is 19.3 Å². The van der Waals surface area contributed by atoms with Crippen molar-refractivity contribution in [2.24, 2.45) is 11.8 Å². The molecule has 25 heavy (non-hydrogen) atoms. The van der Waals surface area contributed by atoms with Crippen LogP contribution >= 0.6 is 0 Å². The molecule has 0 unspecified atom stereocenters.